The Morgan fingerprint density at radius 3 is 2.52 bits per heavy atom. The molecule has 0 radical (unpaired) electrons. The van der Waals surface area contributed by atoms with Gasteiger partial charge in [-0.1, -0.05) is 39.3 Å². The average Bonchev–Trinajstić information content (AvgIpc) is 2.51. The van der Waals surface area contributed by atoms with Gasteiger partial charge >= 0.3 is 5.97 Å². The smallest absolute Gasteiger partial charge is 0.316 e. The Morgan fingerprint density at radius 2 is 1.96 bits per heavy atom. The molecule has 2 atom stereocenters. The molecule has 0 bridgehead atoms. The summed E-state index contributed by atoms with van der Waals surface area (Å²) < 4.78 is 12.2. The number of carbonyl (C=O) groups is 1. The minimum absolute atomic E-state index is 0.115. The van der Waals surface area contributed by atoms with Crippen LogP contribution in [0.1, 0.15) is 66.7 Å². The van der Waals surface area contributed by atoms with Crippen molar-refractivity contribution in [3.63, 3.8) is 0 Å². The first-order chi connectivity index (χ1) is 11.4. The molecule has 0 aromatic rings. The highest BCUT2D eigenvalue weighted by atomic mass is 28.4. The van der Waals surface area contributed by atoms with Crippen molar-refractivity contribution in [3.8, 4) is 0 Å². The van der Waals surface area contributed by atoms with Crippen molar-refractivity contribution in [1.29, 1.82) is 0 Å². The van der Waals surface area contributed by atoms with Crippen LogP contribution in [0.5, 0.6) is 0 Å². The van der Waals surface area contributed by atoms with E-state index < -0.39 is 13.7 Å². The summed E-state index contributed by atoms with van der Waals surface area (Å²) in [4.78, 5) is 12.8. The van der Waals surface area contributed by atoms with Gasteiger partial charge < -0.3 is 9.16 Å². The molecular weight excluding hydrogens is 328 g/mol. The van der Waals surface area contributed by atoms with Gasteiger partial charge in [-0.2, -0.15) is 0 Å². The van der Waals surface area contributed by atoms with Crippen LogP contribution in [-0.4, -0.2) is 20.9 Å². The fourth-order valence-corrected chi connectivity index (χ4v) is 4.98. The molecule has 0 aromatic carbocycles. The third-order valence-corrected chi connectivity index (χ3v) is 11.0. The number of rotatable bonds is 4. The van der Waals surface area contributed by atoms with Crippen LogP contribution in [0.2, 0.25) is 18.1 Å². The summed E-state index contributed by atoms with van der Waals surface area (Å²) in [6, 6.07) is 0. The van der Waals surface area contributed by atoms with Crippen molar-refractivity contribution >= 4 is 14.3 Å². The van der Waals surface area contributed by atoms with E-state index in [1.165, 1.54) is 12.0 Å². The molecule has 142 valence electrons. The predicted octanol–water partition coefficient (Wildman–Crippen LogP) is 5.98. The Balaban J connectivity index is 2.44. The van der Waals surface area contributed by atoms with Gasteiger partial charge in [0.15, 0.2) is 0 Å². The van der Waals surface area contributed by atoms with Gasteiger partial charge in [0.2, 0.25) is 8.32 Å². The molecule has 2 rings (SSSR count). The summed E-state index contributed by atoms with van der Waals surface area (Å²) in [5.41, 5.74) is 1.71. The van der Waals surface area contributed by atoms with Crippen molar-refractivity contribution in [2.75, 3.05) is 6.61 Å². The van der Waals surface area contributed by atoms with Crippen LogP contribution in [0.15, 0.2) is 23.5 Å². The zero-order valence-corrected chi connectivity index (χ0v) is 18.3. The molecule has 2 aliphatic rings. The van der Waals surface area contributed by atoms with Crippen molar-refractivity contribution in [1.82, 2.24) is 0 Å². The van der Waals surface area contributed by atoms with Crippen LogP contribution in [0.25, 0.3) is 0 Å². The second-order valence-corrected chi connectivity index (χ2v) is 14.0. The fraction of sp³-hybridized carbons (Fsp3) is 0.762. The van der Waals surface area contributed by atoms with Crippen molar-refractivity contribution < 1.29 is 14.0 Å². The van der Waals surface area contributed by atoms with E-state index in [2.05, 4.69) is 40.4 Å². The predicted molar refractivity (Wildman–Crippen MR) is 106 cm³/mol. The van der Waals surface area contributed by atoms with Gasteiger partial charge in [-0.25, -0.2) is 0 Å². The topological polar surface area (TPSA) is 35.5 Å². The van der Waals surface area contributed by atoms with Gasteiger partial charge in [0.05, 0.1) is 17.8 Å². The van der Waals surface area contributed by atoms with E-state index in [0.29, 0.717) is 13.0 Å². The second kappa shape index (κ2) is 6.94. The molecule has 0 heterocycles. The van der Waals surface area contributed by atoms with Crippen LogP contribution in [0, 0.1) is 11.3 Å². The number of allylic oxidation sites excluding steroid dienone is 2. The third kappa shape index (κ3) is 3.60. The lowest BCUT2D eigenvalue weighted by Crippen LogP contribution is -2.46. The zero-order valence-electron chi connectivity index (χ0n) is 17.3. The van der Waals surface area contributed by atoms with E-state index in [-0.39, 0.29) is 16.9 Å². The molecule has 4 heteroatoms. The molecular formula is C21H36O3Si. The summed E-state index contributed by atoms with van der Waals surface area (Å²) in [5, 5.41) is 0.161. The molecule has 0 aromatic heterocycles. The molecule has 25 heavy (non-hydrogen) atoms. The van der Waals surface area contributed by atoms with Gasteiger partial charge in [-0.3, -0.25) is 4.79 Å². The Morgan fingerprint density at radius 1 is 1.32 bits per heavy atom. The average molecular weight is 365 g/mol. The highest BCUT2D eigenvalue weighted by molar-refractivity contribution is 6.74. The summed E-state index contributed by atoms with van der Waals surface area (Å²) in [5.74, 6) is 1.18. The summed E-state index contributed by atoms with van der Waals surface area (Å²) in [6.07, 6.45) is 5.07. The standard InChI is InChI=1S/C21H36O3Si/c1-9-23-19(22)21(6)15(2)14-18(16-12-10-11-13-17(16)21)24-25(7,8)20(3,4)5/h17H,2,9-14H2,1,3-8H3/t17-,21+/m0/s1. The monoisotopic (exact) mass is 364 g/mol. The molecule has 1 fully saturated rings. The summed E-state index contributed by atoms with van der Waals surface area (Å²) in [7, 11) is -1.90. The van der Waals surface area contributed by atoms with Crippen molar-refractivity contribution in [3.05, 3.63) is 23.5 Å². The lowest BCUT2D eigenvalue weighted by Gasteiger charge is -2.47. The first-order valence-corrected chi connectivity index (χ1v) is 12.6. The van der Waals surface area contributed by atoms with E-state index >= 15 is 0 Å². The van der Waals surface area contributed by atoms with Crippen molar-refractivity contribution in [2.45, 2.75) is 84.9 Å². The first kappa shape index (κ1) is 20.3. The zero-order chi connectivity index (χ0) is 19.0. The molecule has 0 aliphatic heterocycles. The fourth-order valence-electron chi connectivity index (χ4n) is 3.85. The van der Waals surface area contributed by atoms with E-state index in [4.69, 9.17) is 9.16 Å². The maximum absolute atomic E-state index is 12.8. The molecule has 0 unspecified atom stereocenters. The van der Waals surface area contributed by atoms with Gasteiger partial charge in [0, 0.05) is 12.3 Å². The van der Waals surface area contributed by atoms with Crippen LogP contribution in [0.3, 0.4) is 0 Å². The van der Waals surface area contributed by atoms with E-state index in [1.54, 1.807) is 0 Å². The third-order valence-electron chi connectivity index (χ3n) is 6.66. The molecule has 3 nitrogen and oxygen atoms in total. The van der Waals surface area contributed by atoms with Gasteiger partial charge in [-0.05, 0) is 56.8 Å². The van der Waals surface area contributed by atoms with Crippen LogP contribution < -0.4 is 0 Å². The maximum Gasteiger partial charge on any atom is 0.316 e. The molecule has 1 saturated carbocycles. The number of ether oxygens (including phenoxy) is 1. The molecule has 0 amide bonds. The van der Waals surface area contributed by atoms with Crippen LogP contribution >= 0.6 is 0 Å². The number of hydrogen-bond acceptors (Lipinski definition) is 3. The minimum Gasteiger partial charge on any atom is -0.546 e. The Kier molecular flexibility index (Phi) is 5.63. The van der Waals surface area contributed by atoms with E-state index in [9.17, 15) is 4.79 Å². The normalized spacial score (nSPS) is 27.8. The number of carbonyl (C=O) groups excluding carboxylic acids is 1. The number of hydrogen-bond donors (Lipinski definition) is 0. The number of esters is 1. The Labute approximate surface area is 155 Å². The largest absolute Gasteiger partial charge is 0.546 e. The maximum atomic E-state index is 12.8. The molecule has 0 spiro atoms. The van der Waals surface area contributed by atoms with Gasteiger partial charge in [0.25, 0.3) is 0 Å². The quantitative estimate of drug-likeness (QED) is 0.349. The van der Waals surface area contributed by atoms with Gasteiger partial charge in [0.1, 0.15) is 0 Å². The van der Waals surface area contributed by atoms with Crippen molar-refractivity contribution in [2.24, 2.45) is 11.3 Å². The highest BCUT2D eigenvalue weighted by Gasteiger charge is 2.51. The number of fused-ring (bicyclic) bond motifs is 1. The van der Waals surface area contributed by atoms with E-state index in [1.807, 2.05) is 13.8 Å². The Bertz CT molecular complexity index is 582. The minimum atomic E-state index is -1.90. The molecule has 0 saturated heterocycles. The van der Waals surface area contributed by atoms with E-state index in [0.717, 1.165) is 30.6 Å². The van der Waals surface area contributed by atoms with Crippen LogP contribution in [0.4, 0.5) is 0 Å². The van der Waals surface area contributed by atoms with Gasteiger partial charge in [-0.15, -0.1) is 0 Å². The first-order valence-electron chi connectivity index (χ1n) is 9.71. The lowest BCUT2D eigenvalue weighted by atomic mass is 9.60. The highest BCUT2D eigenvalue weighted by Crippen LogP contribution is 2.54. The summed E-state index contributed by atoms with van der Waals surface area (Å²) in [6.45, 7) is 20.0. The SMILES string of the molecule is C=C1CC(O[Si](C)(C)C(C)(C)C)=C2CCCC[C@@H]2[C@]1(C)C(=O)OCC. The molecule has 2 aliphatic carbocycles. The molecule has 0 N–H and O–H groups in total. The van der Waals surface area contributed by atoms with Crippen LogP contribution in [-0.2, 0) is 14.0 Å². The second-order valence-electron chi connectivity index (χ2n) is 9.31. The lowest BCUT2D eigenvalue weighted by molar-refractivity contribution is -0.155. The Hall–Kier alpha value is -1.03. The summed E-state index contributed by atoms with van der Waals surface area (Å²) >= 11 is 0.